The highest BCUT2D eigenvalue weighted by Crippen LogP contribution is 2.32. The van der Waals surface area contributed by atoms with Gasteiger partial charge in [0.2, 0.25) is 0 Å². The number of fused-ring (bicyclic) bond motifs is 4. The number of ether oxygens (including phenoxy) is 1. The second kappa shape index (κ2) is 5.66. The first-order valence-electron chi connectivity index (χ1n) is 9.07. The largest absolute Gasteiger partial charge is 0.370 e. The maximum atomic E-state index is 13.3. The number of hydrogen-bond donors (Lipinski definition) is 0. The lowest BCUT2D eigenvalue weighted by Gasteiger charge is -2.41. The number of aryl methyl sites for hydroxylation is 2. The van der Waals surface area contributed by atoms with Crippen LogP contribution in [0.4, 0.5) is 0 Å². The molecule has 1 saturated heterocycles. The smallest absolute Gasteiger partial charge is 0.272 e. The molecule has 0 bridgehead atoms. The van der Waals surface area contributed by atoms with E-state index in [0.29, 0.717) is 19.7 Å². The number of carbonyl (C=O) groups is 1. The van der Waals surface area contributed by atoms with Gasteiger partial charge in [0.15, 0.2) is 0 Å². The number of likely N-dealkylation sites (tertiary alicyclic amines) is 1. The van der Waals surface area contributed by atoms with Gasteiger partial charge in [-0.3, -0.25) is 9.48 Å². The fourth-order valence-electron chi connectivity index (χ4n) is 4.46. The molecule has 1 aliphatic carbocycles. The molecule has 132 valence electrons. The summed E-state index contributed by atoms with van der Waals surface area (Å²) in [7, 11) is 1.89. The molecule has 3 aliphatic rings. The topological polar surface area (TPSA) is 78.1 Å². The fraction of sp³-hybridized carbons (Fsp3) is 0.647. The summed E-state index contributed by atoms with van der Waals surface area (Å²) in [5.41, 5.74) is 4.01. The number of piperidine rings is 1. The SMILES string of the molecule is Cn1nc2c(c1C(=O)N1CC[C@@H]3OCc4cnnn4[C@@H]3C1)CCCC2. The summed E-state index contributed by atoms with van der Waals surface area (Å²) in [4.78, 5) is 15.2. The predicted molar refractivity (Wildman–Crippen MR) is 88.0 cm³/mol. The van der Waals surface area contributed by atoms with E-state index < -0.39 is 0 Å². The quantitative estimate of drug-likeness (QED) is 0.769. The number of aromatic nitrogens is 5. The molecule has 8 nitrogen and oxygen atoms in total. The summed E-state index contributed by atoms with van der Waals surface area (Å²) >= 11 is 0. The van der Waals surface area contributed by atoms with E-state index in [1.807, 2.05) is 16.6 Å². The molecular formula is C17H22N6O2. The number of hydrogen-bond acceptors (Lipinski definition) is 5. The third kappa shape index (κ3) is 2.31. The van der Waals surface area contributed by atoms with Crippen LogP contribution < -0.4 is 0 Å². The minimum atomic E-state index is 0.0491. The lowest BCUT2D eigenvalue weighted by atomic mass is 9.94. The Labute approximate surface area is 145 Å². The summed E-state index contributed by atoms with van der Waals surface area (Å²) < 4.78 is 9.66. The molecule has 0 unspecified atom stereocenters. The van der Waals surface area contributed by atoms with Crippen molar-refractivity contribution in [2.75, 3.05) is 13.1 Å². The predicted octanol–water partition coefficient (Wildman–Crippen LogP) is 0.876. The number of amides is 1. The van der Waals surface area contributed by atoms with E-state index in [4.69, 9.17) is 4.74 Å². The summed E-state index contributed by atoms with van der Waals surface area (Å²) in [6, 6.07) is 0.0491. The van der Waals surface area contributed by atoms with Crippen LogP contribution in [0.15, 0.2) is 6.20 Å². The molecule has 0 saturated carbocycles. The van der Waals surface area contributed by atoms with Crippen LogP contribution in [0.3, 0.4) is 0 Å². The number of rotatable bonds is 1. The van der Waals surface area contributed by atoms with Crippen LogP contribution in [-0.2, 0) is 31.2 Å². The highest BCUT2D eigenvalue weighted by atomic mass is 16.5. The van der Waals surface area contributed by atoms with Gasteiger partial charge in [0, 0.05) is 25.7 Å². The van der Waals surface area contributed by atoms with Gasteiger partial charge in [-0.15, -0.1) is 5.10 Å². The van der Waals surface area contributed by atoms with E-state index in [2.05, 4.69) is 15.4 Å². The maximum Gasteiger partial charge on any atom is 0.272 e. The molecule has 5 rings (SSSR count). The average molecular weight is 342 g/mol. The summed E-state index contributed by atoms with van der Waals surface area (Å²) in [5, 5.41) is 12.8. The van der Waals surface area contributed by atoms with Gasteiger partial charge in [0.25, 0.3) is 5.91 Å². The summed E-state index contributed by atoms with van der Waals surface area (Å²) in [6.45, 7) is 1.88. The zero-order valence-electron chi connectivity index (χ0n) is 14.4. The Balaban J connectivity index is 1.44. The molecule has 2 aromatic heterocycles. The van der Waals surface area contributed by atoms with Crippen LogP contribution in [0.1, 0.15) is 52.7 Å². The molecule has 8 heteroatoms. The number of nitrogens with zero attached hydrogens (tertiary/aromatic N) is 6. The normalized spacial score (nSPS) is 25.2. The van der Waals surface area contributed by atoms with Gasteiger partial charge < -0.3 is 9.64 Å². The Morgan fingerprint density at radius 3 is 3.12 bits per heavy atom. The van der Waals surface area contributed by atoms with Gasteiger partial charge in [0.1, 0.15) is 5.69 Å². The van der Waals surface area contributed by atoms with Gasteiger partial charge in [0.05, 0.1) is 36.3 Å². The van der Waals surface area contributed by atoms with Gasteiger partial charge in [-0.05, 0) is 32.1 Å². The zero-order valence-corrected chi connectivity index (χ0v) is 14.4. The average Bonchev–Trinajstić information content (AvgIpc) is 3.24. The number of carbonyl (C=O) groups excluding carboxylic acids is 1. The Kier molecular flexibility index (Phi) is 3.41. The molecule has 0 aromatic carbocycles. The van der Waals surface area contributed by atoms with Crippen LogP contribution in [-0.4, -0.2) is 54.8 Å². The van der Waals surface area contributed by atoms with Crippen molar-refractivity contribution in [3.8, 4) is 0 Å². The highest BCUT2D eigenvalue weighted by molar-refractivity contribution is 5.94. The highest BCUT2D eigenvalue weighted by Gasteiger charge is 2.39. The Morgan fingerprint density at radius 1 is 1.32 bits per heavy atom. The maximum absolute atomic E-state index is 13.3. The van der Waals surface area contributed by atoms with Crippen molar-refractivity contribution in [3.63, 3.8) is 0 Å². The van der Waals surface area contributed by atoms with E-state index in [9.17, 15) is 4.79 Å². The van der Waals surface area contributed by atoms with Crippen molar-refractivity contribution in [1.29, 1.82) is 0 Å². The fourth-order valence-corrected chi connectivity index (χ4v) is 4.46. The van der Waals surface area contributed by atoms with Crippen LogP contribution in [0, 0.1) is 0 Å². The minimum Gasteiger partial charge on any atom is -0.370 e. The molecule has 0 spiro atoms. The first-order valence-corrected chi connectivity index (χ1v) is 9.07. The monoisotopic (exact) mass is 342 g/mol. The molecule has 2 aromatic rings. The van der Waals surface area contributed by atoms with Gasteiger partial charge in [-0.25, -0.2) is 4.68 Å². The molecule has 1 fully saturated rings. The van der Waals surface area contributed by atoms with Gasteiger partial charge >= 0.3 is 0 Å². The minimum absolute atomic E-state index is 0.0491. The lowest BCUT2D eigenvalue weighted by Crippen LogP contribution is -2.50. The summed E-state index contributed by atoms with van der Waals surface area (Å²) in [6.07, 6.45) is 6.93. The Bertz CT molecular complexity index is 825. The standard InChI is InChI=1S/C17H22N6O2/c1-21-16(12-4-2-3-5-13(12)19-21)17(24)22-7-6-15-14(9-22)23-11(10-25-15)8-18-20-23/h8,14-15H,2-7,9-10H2,1H3/t14-,15+/m1/s1. The van der Waals surface area contributed by atoms with Crippen LogP contribution in [0.25, 0.3) is 0 Å². The second-order valence-corrected chi connectivity index (χ2v) is 7.23. The van der Waals surface area contributed by atoms with Crippen molar-refractivity contribution in [2.24, 2.45) is 7.05 Å². The Morgan fingerprint density at radius 2 is 2.20 bits per heavy atom. The van der Waals surface area contributed by atoms with E-state index in [1.165, 1.54) is 0 Å². The van der Waals surface area contributed by atoms with Crippen molar-refractivity contribution in [2.45, 2.75) is 50.9 Å². The molecule has 25 heavy (non-hydrogen) atoms. The van der Waals surface area contributed by atoms with E-state index in [1.54, 1.807) is 10.9 Å². The molecule has 2 aliphatic heterocycles. The molecular weight excluding hydrogens is 320 g/mol. The molecule has 0 N–H and O–H groups in total. The van der Waals surface area contributed by atoms with Gasteiger partial charge in [-0.2, -0.15) is 5.10 Å². The van der Waals surface area contributed by atoms with Crippen molar-refractivity contribution >= 4 is 5.91 Å². The molecule has 4 heterocycles. The summed E-state index contributed by atoms with van der Waals surface area (Å²) in [5.74, 6) is 0.0869. The van der Waals surface area contributed by atoms with E-state index in [0.717, 1.165) is 54.7 Å². The van der Waals surface area contributed by atoms with E-state index >= 15 is 0 Å². The molecule has 0 radical (unpaired) electrons. The third-order valence-electron chi connectivity index (χ3n) is 5.74. The second-order valence-electron chi connectivity index (χ2n) is 7.23. The van der Waals surface area contributed by atoms with Crippen LogP contribution in [0.5, 0.6) is 0 Å². The zero-order chi connectivity index (χ0) is 17.0. The third-order valence-corrected chi connectivity index (χ3v) is 5.74. The van der Waals surface area contributed by atoms with Crippen LogP contribution in [0.2, 0.25) is 0 Å². The lowest BCUT2D eigenvalue weighted by molar-refractivity contribution is -0.0606. The molecule has 2 atom stereocenters. The first-order chi connectivity index (χ1) is 12.2. The van der Waals surface area contributed by atoms with Crippen LogP contribution >= 0.6 is 0 Å². The van der Waals surface area contributed by atoms with Gasteiger partial charge in [-0.1, -0.05) is 5.21 Å². The molecule has 1 amide bonds. The Hall–Kier alpha value is -2.22. The van der Waals surface area contributed by atoms with Crippen molar-refractivity contribution in [1.82, 2.24) is 29.7 Å². The van der Waals surface area contributed by atoms with E-state index in [-0.39, 0.29) is 18.1 Å². The van der Waals surface area contributed by atoms with Crippen molar-refractivity contribution < 1.29 is 9.53 Å². The van der Waals surface area contributed by atoms with Crippen molar-refractivity contribution in [3.05, 3.63) is 28.8 Å². The first kappa shape index (κ1) is 15.1.